The molecule has 0 unspecified atom stereocenters. The van der Waals surface area contributed by atoms with Crippen LogP contribution in [0.25, 0.3) is 0 Å². The summed E-state index contributed by atoms with van der Waals surface area (Å²) in [5.74, 6) is 0.178. The van der Waals surface area contributed by atoms with Gasteiger partial charge >= 0.3 is 0 Å². The zero-order chi connectivity index (χ0) is 15.4. The average Bonchev–Trinajstić information content (AvgIpc) is 2.99. The quantitative estimate of drug-likeness (QED) is 0.726. The van der Waals surface area contributed by atoms with E-state index < -0.39 is 0 Å². The molecule has 2 heterocycles. The van der Waals surface area contributed by atoms with E-state index in [1.54, 1.807) is 23.8 Å². The van der Waals surface area contributed by atoms with Crippen molar-refractivity contribution >= 4 is 49.9 Å². The highest BCUT2D eigenvalue weighted by molar-refractivity contribution is 9.10. The SMILES string of the molecule is O=C(Nc1ccc(Br)cc1)c1csc(Nc2ncccn2)n1. The Morgan fingerprint density at radius 2 is 1.86 bits per heavy atom. The zero-order valence-electron chi connectivity index (χ0n) is 11.2. The molecule has 1 aromatic carbocycles. The van der Waals surface area contributed by atoms with E-state index in [1.165, 1.54) is 11.3 Å². The molecule has 3 aromatic rings. The predicted octanol–water partition coefficient (Wildman–Crippen LogP) is 3.69. The van der Waals surface area contributed by atoms with Crippen LogP contribution in [-0.2, 0) is 0 Å². The lowest BCUT2D eigenvalue weighted by atomic mass is 10.3. The van der Waals surface area contributed by atoms with Crippen LogP contribution in [0.15, 0.2) is 52.6 Å². The zero-order valence-corrected chi connectivity index (χ0v) is 13.6. The van der Waals surface area contributed by atoms with Crippen molar-refractivity contribution in [3.05, 3.63) is 58.3 Å². The number of nitrogens with one attached hydrogen (secondary N) is 2. The van der Waals surface area contributed by atoms with Gasteiger partial charge in [-0.2, -0.15) is 0 Å². The molecule has 0 bridgehead atoms. The van der Waals surface area contributed by atoms with Gasteiger partial charge in [-0.15, -0.1) is 11.3 Å². The molecule has 0 atom stereocenters. The Kier molecular flexibility index (Phi) is 4.40. The Hall–Kier alpha value is -2.32. The lowest BCUT2D eigenvalue weighted by Gasteiger charge is -2.03. The van der Waals surface area contributed by atoms with Crippen LogP contribution in [0.4, 0.5) is 16.8 Å². The maximum absolute atomic E-state index is 12.1. The molecule has 0 saturated heterocycles. The molecule has 22 heavy (non-hydrogen) atoms. The Morgan fingerprint density at radius 1 is 1.14 bits per heavy atom. The average molecular weight is 376 g/mol. The molecule has 6 nitrogen and oxygen atoms in total. The van der Waals surface area contributed by atoms with E-state index in [0.717, 1.165) is 4.47 Å². The summed E-state index contributed by atoms with van der Waals surface area (Å²) in [5, 5.41) is 7.98. The summed E-state index contributed by atoms with van der Waals surface area (Å²) < 4.78 is 0.952. The van der Waals surface area contributed by atoms with Crippen molar-refractivity contribution in [3.8, 4) is 0 Å². The van der Waals surface area contributed by atoms with Gasteiger partial charge < -0.3 is 10.6 Å². The topological polar surface area (TPSA) is 79.8 Å². The Labute approximate surface area is 138 Å². The van der Waals surface area contributed by atoms with Crippen LogP contribution >= 0.6 is 27.3 Å². The minimum Gasteiger partial charge on any atom is -0.321 e. The number of anilines is 3. The molecule has 1 amide bonds. The third kappa shape index (κ3) is 3.66. The second-order valence-electron chi connectivity index (χ2n) is 4.20. The third-order valence-corrected chi connectivity index (χ3v) is 3.91. The number of halogens is 1. The largest absolute Gasteiger partial charge is 0.321 e. The van der Waals surface area contributed by atoms with Crippen molar-refractivity contribution in [2.45, 2.75) is 0 Å². The number of carbonyl (C=O) groups is 1. The van der Waals surface area contributed by atoms with Gasteiger partial charge in [-0.3, -0.25) is 4.79 Å². The molecule has 2 N–H and O–H groups in total. The summed E-state index contributed by atoms with van der Waals surface area (Å²) in [6, 6.07) is 9.06. The van der Waals surface area contributed by atoms with Crippen molar-refractivity contribution < 1.29 is 4.79 Å². The molecular formula is C14H10BrN5OS. The van der Waals surface area contributed by atoms with Crippen molar-refractivity contribution in [2.24, 2.45) is 0 Å². The van der Waals surface area contributed by atoms with Crippen LogP contribution in [-0.4, -0.2) is 20.9 Å². The van der Waals surface area contributed by atoms with Gasteiger partial charge in [-0.1, -0.05) is 15.9 Å². The van der Waals surface area contributed by atoms with Crippen LogP contribution in [0, 0.1) is 0 Å². The maximum Gasteiger partial charge on any atom is 0.275 e. The molecule has 0 fully saturated rings. The summed E-state index contributed by atoms with van der Waals surface area (Å²) >= 11 is 4.66. The van der Waals surface area contributed by atoms with E-state index in [4.69, 9.17) is 0 Å². The first-order chi connectivity index (χ1) is 10.7. The second-order valence-corrected chi connectivity index (χ2v) is 5.97. The molecule has 0 spiro atoms. The monoisotopic (exact) mass is 375 g/mol. The van der Waals surface area contributed by atoms with Gasteiger partial charge in [0, 0.05) is 27.9 Å². The fourth-order valence-corrected chi connectivity index (χ4v) is 2.57. The van der Waals surface area contributed by atoms with Crippen molar-refractivity contribution in [2.75, 3.05) is 10.6 Å². The molecule has 0 radical (unpaired) electrons. The van der Waals surface area contributed by atoms with E-state index in [0.29, 0.717) is 22.5 Å². The Morgan fingerprint density at radius 3 is 2.59 bits per heavy atom. The van der Waals surface area contributed by atoms with E-state index in [9.17, 15) is 4.79 Å². The number of nitrogens with zero attached hydrogens (tertiary/aromatic N) is 3. The summed E-state index contributed by atoms with van der Waals surface area (Å²) in [4.78, 5) is 24.4. The van der Waals surface area contributed by atoms with Crippen LogP contribution in [0.2, 0.25) is 0 Å². The summed E-state index contributed by atoms with van der Waals surface area (Å²) in [6.45, 7) is 0. The third-order valence-electron chi connectivity index (χ3n) is 2.62. The predicted molar refractivity (Wildman–Crippen MR) is 89.5 cm³/mol. The van der Waals surface area contributed by atoms with Crippen LogP contribution in [0.1, 0.15) is 10.5 Å². The van der Waals surface area contributed by atoms with Gasteiger partial charge in [0.25, 0.3) is 5.91 Å². The lowest BCUT2D eigenvalue weighted by Crippen LogP contribution is -2.12. The number of hydrogen-bond acceptors (Lipinski definition) is 6. The van der Waals surface area contributed by atoms with Gasteiger partial charge in [-0.25, -0.2) is 15.0 Å². The summed E-state index contributed by atoms with van der Waals surface area (Å²) in [5.41, 5.74) is 1.05. The summed E-state index contributed by atoms with van der Waals surface area (Å²) in [7, 11) is 0. The number of rotatable bonds is 4. The van der Waals surface area contributed by atoms with Gasteiger partial charge in [0.05, 0.1) is 0 Å². The maximum atomic E-state index is 12.1. The number of benzene rings is 1. The minimum atomic E-state index is -0.263. The number of hydrogen-bond donors (Lipinski definition) is 2. The highest BCUT2D eigenvalue weighted by Crippen LogP contribution is 2.20. The number of thiazole rings is 1. The normalized spacial score (nSPS) is 10.2. The Bertz CT molecular complexity index is 775. The fraction of sp³-hybridized carbons (Fsp3) is 0. The molecule has 0 aliphatic carbocycles. The molecule has 0 saturated carbocycles. The molecule has 0 aliphatic heterocycles. The molecule has 2 aromatic heterocycles. The van der Waals surface area contributed by atoms with Gasteiger partial charge in [0.1, 0.15) is 5.69 Å². The van der Waals surface area contributed by atoms with E-state index in [-0.39, 0.29) is 5.91 Å². The standard InChI is InChI=1S/C14H10BrN5OS/c15-9-2-4-10(5-3-9)18-12(21)11-8-22-14(19-11)20-13-16-6-1-7-17-13/h1-8H,(H,18,21)(H,16,17,19,20). The first-order valence-electron chi connectivity index (χ1n) is 6.27. The minimum absolute atomic E-state index is 0.263. The van der Waals surface area contributed by atoms with Crippen molar-refractivity contribution in [3.63, 3.8) is 0 Å². The molecule has 8 heteroatoms. The molecule has 0 aliphatic rings. The number of carbonyl (C=O) groups excluding carboxylic acids is 1. The highest BCUT2D eigenvalue weighted by Gasteiger charge is 2.11. The second kappa shape index (κ2) is 6.63. The van der Waals surface area contributed by atoms with E-state index >= 15 is 0 Å². The van der Waals surface area contributed by atoms with Gasteiger partial charge in [-0.05, 0) is 30.3 Å². The first-order valence-corrected chi connectivity index (χ1v) is 7.94. The van der Waals surface area contributed by atoms with E-state index in [2.05, 4.69) is 41.5 Å². The highest BCUT2D eigenvalue weighted by atomic mass is 79.9. The van der Waals surface area contributed by atoms with Crippen molar-refractivity contribution in [1.82, 2.24) is 15.0 Å². The molecule has 110 valence electrons. The fourth-order valence-electron chi connectivity index (χ4n) is 1.62. The summed E-state index contributed by atoms with van der Waals surface area (Å²) in [6.07, 6.45) is 3.26. The van der Waals surface area contributed by atoms with E-state index in [1.807, 2.05) is 24.3 Å². The van der Waals surface area contributed by atoms with Gasteiger partial charge in [0.15, 0.2) is 5.13 Å². The first kappa shape index (κ1) is 14.6. The Balaban J connectivity index is 1.67. The van der Waals surface area contributed by atoms with Crippen molar-refractivity contribution in [1.29, 1.82) is 0 Å². The number of aromatic nitrogens is 3. The van der Waals surface area contributed by atoms with Gasteiger partial charge in [0.2, 0.25) is 5.95 Å². The van der Waals surface area contributed by atoms with Crippen LogP contribution < -0.4 is 10.6 Å². The lowest BCUT2D eigenvalue weighted by molar-refractivity contribution is 0.102. The number of amides is 1. The smallest absolute Gasteiger partial charge is 0.275 e. The molecule has 3 rings (SSSR count). The van der Waals surface area contributed by atoms with Crippen LogP contribution in [0.5, 0.6) is 0 Å². The molecular weight excluding hydrogens is 366 g/mol. The van der Waals surface area contributed by atoms with Crippen LogP contribution in [0.3, 0.4) is 0 Å².